The number of carboxylic acid groups (broad SMARTS) is 1. The number of hydrogen-bond donors (Lipinski definition) is 4. The van der Waals surface area contributed by atoms with Crippen LogP contribution in [0.15, 0.2) is 48.9 Å². The Morgan fingerprint density at radius 1 is 1.18 bits per heavy atom. The number of ketones is 1. The lowest BCUT2D eigenvalue weighted by atomic mass is 9.78. The van der Waals surface area contributed by atoms with Crippen LogP contribution in [0.25, 0.3) is 22.0 Å². The van der Waals surface area contributed by atoms with E-state index in [1.165, 1.54) is 14.0 Å². The molecule has 0 unspecified atom stereocenters. The van der Waals surface area contributed by atoms with Gasteiger partial charge in [0.05, 0.1) is 11.8 Å². The van der Waals surface area contributed by atoms with Gasteiger partial charge in [-0.15, -0.1) is 0 Å². The number of carbonyl (C=O) groups excluding carboxylic acids is 2. The topological polar surface area (TPSA) is 139 Å². The Labute approximate surface area is 228 Å². The standard InChI is InChI=1S/C30H37N5O4/c1-4-22(20-14-21(16-32-15-20)24-17-33-25-13-9-8-12-23(24)25)26(31)28(36)27(19-10-6-5-7-11-19)34-29(37)18(2)35(3)30(38)39/h8-9,12-19,22,27,31,33H,4-7,10-11H2,1-3H3,(H,34,37)(H,38,39)/t18-,22-,27-/m0/s1. The largest absolute Gasteiger partial charge is 0.465 e. The summed E-state index contributed by atoms with van der Waals surface area (Å²) in [6.07, 6.45) is 9.26. The summed E-state index contributed by atoms with van der Waals surface area (Å²) in [5, 5.41) is 22.2. The Kier molecular flexibility index (Phi) is 8.79. The zero-order valence-corrected chi connectivity index (χ0v) is 22.7. The van der Waals surface area contributed by atoms with Crippen LogP contribution in [0.5, 0.6) is 0 Å². The van der Waals surface area contributed by atoms with Crippen LogP contribution in [0.4, 0.5) is 4.79 Å². The fourth-order valence-corrected chi connectivity index (χ4v) is 5.53. The van der Waals surface area contributed by atoms with Crippen molar-refractivity contribution in [3.63, 3.8) is 0 Å². The van der Waals surface area contributed by atoms with E-state index in [9.17, 15) is 19.5 Å². The first kappa shape index (κ1) is 28.0. The number of nitrogens with one attached hydrogen (secondary N) is 3. The summed E-state index contributed by atoms with van der Waals surface area (Å²) in [5.41, 5.74) is 3.61. The predicted molar refractivity (Wildman–Crippen MR) is 151 cm³/mol. The second-order valence-corrected chi connectivity index (χ2v) is 10.4. The smallest absolute Gasteiger partial charge is 0.407 e. The molecular formula is C30H37N5O4. The maximum absolute atomic E-state index is 13.9. The number of hydrogen-bond acceptors (Lipinski definition) is 5. The summed E-state index contributed by atoms with van der Waals surface area (Å²) in [6, 6.07) is 8.15. The molecule has 39 heavy (non-hydrogen) atoms. The van der Waals surface area contributed by atoms with Crippen molar-refractivity contribution in [2.75, 3.05) is 7.05 Å². The van der Waals surface area contributed by atoms with Crippen molar-refractivity contribution in [3.05, 3.63) is 54.5 Å². The molecule has 1 aliphatic carbocycles. The fraction of sp³-hybridized carbons (Fsp3) is 0.433. The van der Waals surface area contributed by atoms with E-state index in [4.69, 9.17) is 5.41 Å². The number of rotatable bonds is 10. The molecule has 9 nitrogen and oxygen atoms in total. The van der Waals surface area contributed by atoms with Crippen molar-refractivity contribution in [2.45, 2.75) is 70.4 Å². The number of likely N-dealkylation sites (N-methyl/N-ethyl adjacent to an activating group) is 1. The van der Waals surface area contributed by atoms with Gasteiger partial charge in [0, 0.05) is 53.6 Å². The van der Waals surface area contributed by atoms with Gasteiger partial charge in [0.15, 0.2) is 5.78 Å². The molecular weight excluding hydrogens is 494 g/mol. The summed E-state index contributed by atoms with van der Waals surface area (Å²) >= 11 is 0. The van der Waals surface area contributed by atoms with Crippen LogP contribution in [0.2, 0.25) is 0 Å². The number of carbonyl (C=O) groups is 3. The van der Waals surface area contributed by atoms with Gasteiger partial charge in [-0.05, 0) is 49.8 Å². The number of pyridine rings is 1. The number of Topliss-reactive ketones (excluding diaryl/α,β-unsaturated/α-hetero) is 1. The molecule has 0 radical (unpaired) electrons. The van der Waals surface area contributed by atoms with E-state index in [0.717, 1.165) is 64.6 Å². The van der Waals surface area contributed by atoms with Crippen LogP contribution in [0.3, 0.4) is 0 Å². The van der Waals surface area contributed by atoms with Crippen LogP contribution in [-0.2, 0) is 9.59 Å². The molecule has 2 heterocycles. The lowest BCUT2D eigenvalue weighted by Crippen LogP contribution is -2.55. The second-order valence-electron chi connectivity index (χ2n) is 10.4. The third kappa shape index (κ3) is 6.02. The van der Waals surface area contributed by atoms with Crippen LogP contribution >= 0.6 is 0 Å². The number of H-pyrrole nitrogens is 1. The van der Waals surface area contributed by atoms with Gasteiger partial charge in [0.25, 0.3) is 0 Å². The van der Waals surface area contributed by atoms with E-state index in [1.807, 2.05) is 43.5 Å². The van der Waals surface area contributed by atoms with E-state index in [-0.39, 0.29) is 11.6 Å². The minimum atomic E-state index is -1.22. The van der Waals surface area contributed by atoms with Gasteiger partial charge in [0.2, 0.25) is 5.91 Å². The Hall–Kier alpha value is -4.01. The van der Waals surface area contributed by atoms with Crippen molar-refractivity contribution in [2.24, 2.45) is 5.92 Å². The average Bonchev–Trinajstić information content (AvgIpc) is 3.40. The molecule has 1 aliphatic rings. The van der Waals surface area contributed by atoms with Gasteiger partial charge in [-0.3, -0.25) is 19.5 Å². The van der Waals surface area contributed by atoms with E-state index >= 15 is 0 Å². The second kappa shape index (κ2) is 12.2. The third-order valence-corrected chi connectivity index (χ3v) is 8.05. The summed E-state index contributed by atoms with van der Waals surface area (Å²) in [6.45, 7) is 3.43. The van der Waals surface area contributed by atoms with Crippen LogP contribution in [0, 0.1) is 11.3 Å². The van der Waals surface area contributed by atoms with Crippen LogP contribution in [0.1, 0.15) is 63.9 Å². The van der Waals surface area contributed by atoms with Gasteiger partial charge in [0.1, 0.15) is 6.04 Å². The molecule has 3 atom stereocenters. The van der Waals surface area contributed by atoms with Gasteiger partial charge in [-0.2, -0.15) is 0 Å². The Morgan fingerprint density at radius 3 is 2.59 bits per heavy atom. The van der Waals surface area contributed by atoms with Crippen molar-refractivity contribution in [1.82, 2.24) is 20.2 Å². The summed E-state index contributed by atoms with van der Waals surface area (Å²) in [4.78, 5) is 46.9. The third-order valence-electron chi connectivity index (χ3n) is 8.05. The molecule has 0 saturated heterocycles. The van der Waals surface area contributed by atoms with Crippen molar-refractivity contribution < 1.29 is 19.5 Å². The first-order valence-electron chi connectivity index (χ1n) is 13.6. The highest BCUT2D eigenvalue weighted by atomic mass is 16.4. The van der Waals surface area contributed by atoms with Gasteiger partial charge >= 0.3 is 6.09 Å². The van der Waals surface area contributed by atoms with Gasteiger partial charge < -0.3 is 20.8 Å². The lowest BCUT2D eigenvalue weighted by Gasteiger charge is -2.32. The molecule has 206 valence electrons. The first-order chi connectivity index (χ1) is 18.7. The molecule has 4 rings (SSSR count). The number of benzene rings is 1. The molecule has 0 aliphatic heterocycles. The maximum Gasteiger partial charge on any atom is 0.407 e. The van der Waals surface area contributed by atoms with E-state index in [1.54, 1.807) is 12.4 Å². The Balaban J connectivity index is 1.60. The summed E-state index contributed by atoms with van der Waals surface area (Å²) < 4.78 is 0. The van der Waals surface area contributed by atoms with E-state index in [2.05, 4.69) is 15.3 Å². The Morgan fingerprint density at radius 2 is 1.90 bits per heavy atom. The van der Waals surface area contributed by atoms with Gasteiger partial charge in [-0.1, -0.05) is 44.4 Å². The van der Waals surface area contributed by atoms with E-state index < -0.39 is 35.8 Å². The first-order valence-corrected chi connectivity index (χ1v) is 13.6. The number of amides is 2. The molecule has 3 aromatic rings. The fourth-order valence-electron chi connectivity index (χ4n) is 5.53. The lowest BCUT2D eigenvalue weighted by molar-refractivity contribution is -0.129. The van der Waals surface area contributed by atoms with E-state index in [0.29, 0.717) is 6.42 Å². The molecule has 1 aromatic carbocycles. The maximum atomic E-state index is 13.9. The zero-order valence-electron chi connectivity index (χ0n) is 22.7. The highest BCUT2D eigenvalue weighted by molar-refractivity contribution is 6.42. The van der Waals surface area contributed by atoms with Crippen molar-refractivity contribution in [1.29, 1.82) is 5.41 Å². The quantitative estimate of drug-likeness (QED) is 0.260. The highest BCUT2D eigenvalue weighted by Gasteiger charge is 2.37. The molecule has 1 fully saturated rings. The summed E-state index contributed by atoms with van der Waals surface area (Å²) in [5.74, 6) is -1.53. The van der Waals surface area contributed by atoms with Crippen molar-refractivity contribution in [3.8, 4) is 11.1 Å². The molecule has 0 bridgehead atoms. The van der Waals surface area contributed by atoms with Crippen LogP contribution < -0.4 is 5.32 Å². The SMILES string of the molecule is CC[C@H](C(=N)C(=O)[C@@H](NC(=O)[C@H](C)N(C)C(=O)O)C1CCCCC1)c1cncc(-c2c[nH]c3ccccc23)c1. The van der Waals surface area contributed by atoms with Crippen LogP contribution in [-0.4, -0.2) is 62.6 Å². The molecule has 4 N–H and O–H groups in total. The monoisotopic (exact) mass is 531 g/mol. The van der Waals surface area contributed by atoms with Gasteiger partial charge in [-0.25, -0.2) is 4.79 Å². The number of aromatic amines is 1. The predicted octanol–water partition coefficient (Wildman–Crippen LogP) is 5.38. The Bertz CT molecular complexity index is 1360. The number of fused-ring (bicyclic) bond motifs is 1. The molecule has 2 amide bonds. The van der Waals surface area contributed by atoms with Crippen molar-refractivity contribution >= 4 is 34.4 Å². The average molecular weight is 532 g/mol. The summed E-state index contributed by atoms with van der Waals surface area (Å²) in [7, 11) is 1.33. The normalized spacial score (nSPS) is 16.3. The number of para-hydroxylation sites is 1. The number of nitrogens with zero attached hydrogens (tertiary/aromatic N) is 2. The number of aromatic nitrogens is 2. The molecule has 0 spiro atoms. The minimum Gasteiger partial charge on any atom is -0.465 e. The molecule has 9 heteroatoms. The molecule has 2 aromatic heterocycles. The minimum absolute atomic E-state index is 0.0644. The molecule has 1 saturated carbocycles. The zero-order chi connectivity index (χ0) is 28.1. The highest BCUT2D eigenvalue weighted by Crippen LogP contribution is 2.32.